The van der Waals surface area contributed by atoms with E-state index in [1.807, 2.05) is 0 Å². The van der Waals surface area contributed by atoms with Crippen LogP contribution in [-0.2, 0) is 48.3 Å². The average molecular weight is 409 g/mol. The molecule has 1 aliphatic heterocycles. The fourth-order valence-electron chi connectivity index (χ4n) is 1.61. The topological polar surface area (TPSA) is 210 Å². The van der Waals surface area contributed by atoms with E-state index in [0.717, 1.165) is 0 Å². The maximum absolute atomic E-state index is 12.1. The van der Waals surface area contributed by atoms with Crippen molar-refractivity contribution in [2.24, 2.45) is 17.2 Å². The molecule has 1 aliphatic rings. The third-order valence-corrected chi connectivity index (χ3v) is 3.73. The van der Waals surface area contributed by atoms with Crippen molar-refractivity contribution >= 4 is 41.6 Å². The minimum Gasteiger partial charge on any atom is -0.430 e. The van der Waals surface area contributed by atoms with Crippen molar-refractivity contribution in [1.29, 1.82) is 0 Å². The SMILES string of the molecule is CSCCC(N)C(=O)OC1(N)CC(=O)OOC(=O)CC(N)C(=O)OOC1=O. The number of hydrogen-bond acceptors (Lipinski definition) is 14. The number of carbonyl (C=O) groups excluding carboxylic acids is 5. The Balaban J connectivity index is 2.96. The van der Waals surface area contributed by atoms with E-state index in [2.05, 4.69) is 19.6 Å². The summed E-state index contributed by atoms with van der Waals surface area (Å²) in [4.78, 5) is 75.3. The molecule has 0 radical (unpaired) electrons. The zero-order valence-electron chi connectivity index (χ0n) is 14.2. The van der Waals surface area contributed by atoms with Gasteiger partial charge in [0.1, 0.15) is 18.5 Å². The highest BCUT2D eigenvalue weighted by Crippen LogP contribution is 2.16. The van der Waals surface area contributed by atoms with Crippen LogP contribution in [-0.4, -0.2) is 59.7 Å². The quantitative estimate of drug-likeness (QED) is 0.241. The Morgan fingerprint density at radius 3 is 2.48 bits per heavy atom. The molecular formula is C13H19N3O10S. The van der Waals surface area contributed by atoms with Crippen LogP contribution in [0.3, 0.4) is 0 Å². The van der Waals surface area contributed by atoms with Crippen molar-refractivity contribution < 1.29 is 48.3 Å². The third kappa shape index (κ3) is 7.01. The Kier molecular flexibility index (Phi) is 8.42. The second-order valence-electron chi connectivity index (χ2n) is 5.37. The summed E-state index contributed by atoms with van der Waals surface area (Å²) in [5.74, 6) is -6.09. The first-order valence-electron chi connectivity index (χ1n) is 7.44. The van der Waals surface area contributed by atoms with Gasteiger partial charge in [-0.3, -0.25) is 10.5 Å². The average Bonchev–Trinajstić information content (AvgIpc) is 2.60. The largest absolute Gasteiger partial charge is 0.430 e. The second-order valence-corrected chi connectivity index (χ2v) is 6.36. The van der Waals surface area contributed by atoms with Gasteiger partial charge in [0.25, 0.3) is 5.72 Å². The molecule has 0 aliphatic carbocycles. The number of rotatable bonds is 5. The molecule has 1 saturated heterocycles. The van der Waals surface area contributed by atoms with Crippen LogP contribution in [0, 0.1) is 0 Å². The van der Waals surface area contributed by atoms with Gasteiger partial charge < -0.3 is 16.2 Å². The van der Waals surface area contributed by atoms with E-state index in [1.54, 1.807) is 6.26 Å². The number of ether oxygens (including phenoxy) is 1. The summed E-state index contributed by atoms with van der Waals surface area (Å²) in [7, 11) is 0. The van der Waals surface area contributed by atoms with E-state index in [0.29, 0.717) is 5.75 Å². The van der Waals surface area contributed by atoms with E-state index in [4.69, 9.17) is 21.9 Å². The molecule has 1 heterocycles. The predicted molar refractivity (Wildman–Crippen MR) is 85.6 cm³/mol. The zero-order valence-corrected chi connectivity index (χ0v) is 15.0. The molecule has 27 heavy (non-hydrogen) atoms. The molecular weight excluding hydrogens is 390 g/mol. The predicted octanol–water partition coefficient (Wildman–Crippen LogP) is -2.61. The number of nitrogens with two attached hydrogens (primary N) is 3. The van der Waals surface area contributed by atoms with Gasteiger partial charge in [0.2, 0.25) is 0 Å². The van der Waals surface area contributed by atoms with Gasteiger partial charge in [0.05, 0.1) is 6.42 Å². The Labute approximate surface area is 156 Å². The molecule has 0 spiro atoms. The molecule has 3 atom stereocenters. The van der Waals surface area contributed by atoms with Crippen LogP contribution in [0.1, 0.15) is 19.3 Å². The minimum absolute atomic E-state index is 0.191. The first-order chi connectivity index (χ1) is 12.6. The fourth-order valence-corrected chi connectivity index (χ4v) is 2.10. The van der Waals surface area contributed by atoms with Crippen LogP contribution < -0.4 is 17.2 Å². The smallest absolute Gasteiger partial charge is 0.414 e. The highest BCUT2D eigenvalue weighted by atomic mass is 32.2. The van der Waals surface area contributed by atoms with Crippen LogP contribution in [0.5, 0.6) is 0 Å². The molecule has 13 nitrogen and oxygen atoms in total. The highest BCUT2D eigenvalue weighted by Gasteiger charge is 2.46. The maximum atomic E-state index is 12.1. The third-order valence-electron chi connectivity index (χ3n) is 3.09. The lowest BCUT2D eigenvalue weighted by Gasteiger charge is -2.26. The molecule has 0 bridgehead atoms. The number of thioether (sulfide) groups is 1. The van der Waals surface area contributed by atoms with Gasteiger partial charge in [-0.1, -0.05) is 0 Å². The van der Waals surface area contributed by atoms with Gasteiger partial charge in [-0.25, -0.2) is 38.7 Å². The molecule has 152 valence electrons. The van der Waals surface area contributed by atoms with E-state index in [-0.39, 0.29) is 6.42 Å². The first kappa shape index (κ1) is 22.6. The van der Waals surface area contributed by atoms with Crippen molar-refractivity contribution in [1.82, 2.24) is 0 Å². The van der Waals surface area contributed by atoms with Crippen LogP contribution in [0.2, 0.25) is 0 Å². The summed E-state index contributed by atoms with van der Waals surface area (Å²) in [6.45, 7) is 0. The number of hydrogen-bond donors (Lipinski definition) is 3. The molecule has 3 unspecified atom stereocenters. The summed E-state index contributed by atoms with van der Waals surface area (Å²) in [6.07, 6.45) is 0.125. The fraction of sp³-hybridized carbons (Fsp3) is 0.615. The highest BCUT2D eigenvalue weighted by molar-refractivity contribution is 7.98. The van der Waals surface area contributed by atoms with Gasteiger partial charge in [0, 0.05) is 0 Å². The molecule has 0 aromatic heterocycles. The van der Waals surface area contributed by atoms with E-state index in [9.17, 15) is 24.0 Å². The van der Waals surface area contributed by atoms with Gasteiger partial charge in [0.15, 0.2) is 0 Å². The molecule has 0 aromatic rings. The van der Waals surface area contributed by atoms with E-state index < -0.39 is 60.5 Å². The van der Waals surface area contributed by atoms with Gasteiger partial charge in [-0.2, -0.15) is 11.8 Å². The van der Waals surface area contributed by atoms with Crippen molar-refractivity contribution in [3.63, 3.8) is 0 Å². The van der Waals surface area contributed by atoms with Crippen molar-refractivity contribution in [3.8, 4) is 0 Å². The van der Waals surface area contributed by atoms with Gasteiger partial charge in [-0.05, 0) is 18.4 Å². The summed E-state index contributed by atoms with van der Waals surface area (Å²) in [5, 5.41) is 0. The lowest BCUT2D eigenvalue weighted by atomic mass is 10.1. The second kappa shape index (κ2) is 10.1. The van der Waals surface area contributed by atoms with Crippen molar-refractivity contribution in [3.05, 3.63) is 0 Å². The Morgan fingerprint density at radius 2 is 1.85 bits per heavy atom. The molecule has 1 fully saturated rings. The van der Waals surface area contributed by atoms with Gasteiger partial charge in [-0.15, -0.1) is 0 Å². The Bertz CT molecular complexity index is 615. The minimum atomic E-state index is -2.76. The van der Waals surface area contributed by atoms with Crippen LogP contribution in [0.25, 0.3) is 0 Å². The van der Waals surface area contributed by atoms with Gasteiger partial charge >= 0.3 is 29.8 Å². The van der Waals surface area contributed by atoms with Crippen LogP contribution >= 0.6 is 11.8 Å². The Morgan fingerprint density at radius 1 is 1.22 bits per heavy atom. The zero-order chi connectivity index (χ0) is 20.6. The molecule has 0 saturated carbocycles. The van der Waals surface area contributed by atoms with Crippen molar-refractivity contribution in [2.75, 3.05) is 12.0 Å². The lowest BCUT2D eigenvalue weighted by molar-refractivity contribution is -0.280. The van der Waals surface area contributed by atoms with E-state index >= 15 is 0 Å². The summed E-state index contributed by atoms with van der Waals surface area (Å²) < 4.78 is 4.78. The summed E-state index contributed by atoms with van der Waals surface area (Å²) in [6, 6.07) is -2.74. The number of esters is 1. The molecule has 0 amide bonds. The monoisotopic (exact) mass is 409 g/mol. The molecule has 6 N–H and O–H groups in total. The maximum Gasteiger partial charge on any atom is 0.414 e. The van der Waals surface area contributed by atoms with Crippen molar-refractivity contribution in [2.45, 2.75) is 37.1 Å². The van der Waals surface area contributed by atoms with E-state index in [1.165, 1.54) is 11.8 Å². The first-order valence-corrected chi connectivity index (χ1v) is 8.83. The Hall–Kier alpha value is -2.42. The lowest BCUT2D eigenvalue weighted by Crippen LogP contribution is -2.56. The summed E-state index contributed by atoms with van der Waals surface area (Å²) >= 11 is 1.41. The molecule has 14 heteroatoms. The van der Waals surface area contributed by atoms with Crippen LogP contribution in [0.15, 0.2) is 0 Å². The number of carbonyl (C=O) groups is 5. The molecule has 0 aromatic carbocycles. The standard InChI is InChI=1S/C13H19N3O10S/c1-27-3-2-6(14)10(19)22-13(16)5-9(18)24-23-8(17)4-7(15)11(20)25-26-12(13)21/h6-7H,2-5,14-16H2,1H3. The van der Waals surface area contributed by atoms with Crippen LogP contribution in [0.4, 0.5) is 0 Å². The molecule has 1 rings (SSSR count). The normalized spacial score (nSPS) is 25.7. The summed E-state index contributed by atoms with van der Waals surface area (Å²) in [5.41, 5.74) is 13.8.